The highest BCUT2D eigenvalue weighted by Gasteiger charge is 2.51. The molecule has 3 rings (SSSR count). The van der Waals surface area contributed by atoms with Crippen molar-refractivity contribution in [1.82, 2.24) is 4.90 Å². The van der Waals surface area contributed by atoms with Gasteiger partial charge in [-0.15, -0.1) is 0 Å². The van der Waals surface area contributed by atoms with Crippen molar-refractivity contribution in [2.24, 2.45) is 0 Å². The standard InChI is InChI=1S/C17H15NO4/c1-11(20)17(12(2)21)14(10-19)9-18-8-7-13-5-3-4-6-15(13)16(18)22-17/h3-10,16H,1-2H3/t16-/m0/s1. The Labute approximate surface area is 127 Å². The lowest BCUT2D eigenvalue weighted by Gasteiger charge is -2.43. The van der Waals surface area contributed by atoms with Gasteiger partial charge in [-0.1, -0.05) is 24.3 Å². The molecule has 2 aliphatic rings. The number of benzene rings is 1. The molecule has 0 radical (unpaired) electrons. The zero-order valence-electron chi connectivity index (χ0n) is 12.3. The first-order valence-corrected chi connectivity index (χ1v) is 6.92. The Bertz CT molecular complexity index is 718. The number of nitrogens with zero attached hydrogens (tertiary/aromatic N) is 1. The average Bonchev–Trinajstić information content (AvgIpc) is 2.52. The molecule has 1 aromatic carbocycles. The van der Waals surface area contributed by atoms with Crippen molar-refractivity contribution in [2.75, 3.05) is 0 Å². The molecular formula is C17H15NO4. The number of hydrogen-bond donors (Lipinski definition) is 0. The summed E-state index contributed by atoms with van der Waals surface area (Å²) in [4.78, 5) is 37.4. The molecule has 0 aromatic heterocycles. The molecule has 0 unspecified atom stereocenters. The van der Waals surface area contributed by atoms with Crippen LogP contribution in [0.15, 0.2) is 42.2 Å². The summed E-state index contributed by atoms with van der Waals surface area (Å²) in [7, 11) is 0. The molecule has 0 aliphatic carbocycles. The van der Waals surface area contributed by atoms with Crippen LogP contribution < -0.4 is 0 Å². The number of carbonyl (C=O) groups excluding carboxylic acids is 3. The third-order valence-corrected chi connectivity index (χ3v) is 4.06. The largest absolute Gasteiger partial charge is 0.327 e. The predicted molar refractivity (Wildman–Crippen MR) is 79.4 cm³/mol. The van der Waals surface area contributed by atoms with Crippen molar-refractivity contribution >= 4 is 23.9 Å². The fraction of sp³-hybridized carbons (Fsp3) is 0.235. The van der Waals surface area contributed by atoms with Crippen molar-refractivity contribution < 1.29 is 19.1 Å². The normalized spacial score (nSPS) is 21.5. The van der Waals surface area contributed by atoms with E-state index in [1.807, 2.05) is 30.3 Å². The second kappa shape index (κ2) is 5.03. The second-order valence-electron chi connectivity index (χ2n) is 5.36. The molecule has 1 atom stereocenters. The quantitative estimate of drug-likeness (QED) is 0.631. The molecule has 0 bridgehead atoms. The monoisotopic (exact) mass is 297 g/mol. The van der Waals surface area contributed by atoms with Gasteiger partial charge in [-0.05, 0) is 25.5 Å². The van der Waals surface area contributed by atoms with Gasteiger partial charge in [-0.3, -0.25) is 14.4 Å². The van der Waals surface area contributed by atoms with Crippen molar-refractivity contribution in [3.63, 3.8) is 0 Å². The third-order valence-electron chi connectivity index (χ3n) is 4.06. The van der Waals surface area contributed by atoms with Crippen LogP contribution in [0.25, 0.3) is 6.08 Å². The number of ether oxygens (including phenoxy) is 1. The van der Waals surface area contributed by atoms with Crippen LogP contribution in [0, 0.1) is 0 Å². The van der Waals surface area contributed by atoms with Gasteiger partial charge in [-0.2, -0.15) is 0 Å². The minimum Gasteiger partial charge on any atom is -0.327 e. The molecule has 5 nitrogen and oxygen atoms in total. The molecule has 2 aliphatic heterocycles. The maximum absolute atomic E-state index is 12.1. The highest BCUT2D eigenvalue weighted by Crippen LogP contribution is 2.41. The van der Waals surface area contributed by atoms with Crippen LogP contribution in [-0.4, -0.2) is 28.4 Å². The Morgan fingerprint density at radius 1 is 1.23 bits per heavy atom. The number of hydrogen-bond acceptors (Lipinski definition) is 5. The van der Waals surface area contributed by atoms with E-state index in [4.69, 9.17) is 4.74 Å². The summed E-state index contributed by atoms with van der Waals surface area (Å²) in [6.07, 6.45) is 5.06. The molecule has 0 N–H and O–H groups in total. The van der Waals surface area contributed by atoms with Gasteiger partial charge in [-0.25, -0.2) is 0 Å². The van der Waals surface area contributed by atoms with E-state index in [0.29, 0.717) is 6.29 Å². The van der Waals surface area contributed by atoms with Gasteiger partial charge in [0.25, 0.3) is 0 Å². The molecular weight excluding hydrogens is 282 g/mol. The molecule has 0 saturated heterocycles. The third kappa shape index (κ3) is 1.86. The van der Waals surface area contributed by atoms with E-state index >= 15 is 0 Å². The Morgan fingerprint density at radius 2 is 1.91 bits per heavy atom. The maximum atomic E-state index is 12.1. The summed E-state index contributed by atoms with van der Waals surface area (Å²) >= 11 is 0. The summed E-state index contributed by atoms with van der Waals surface area (Å²) in [5.41, 5.74) is -0.0140. The molecule has 22 heavy (non-hydrogen) atoms. The Morgan fingerprint density at radius 3 is 2.55 bits per heavy atom. The fourth-order valence-electron chi connectivity index (χ4n) is 2.95. The van der Waals surface area contributed by atoms with Crippen molar-refractivity contribution in [3.8, 4) is 0 Å². The van der Waals surface area contributed by atoms with Crippen molar-refractivity contribution in [3.05, 3.63) is 53.4 Å². The van der Waals surface area contributed by atoms with Crippen molar-refractivity contribution in [2.45, 2.75) is 25.7 Å². The van der Waals surface area contributed by atoms with Crippen LogP contribution >= 0.6 is 0 Å². The number of fused-ring (bicyclic) bond motifs is 3. The molecule has 112 valence electrons. The van der Waals surface area contributed by atoms with Gasteiger partial charge >= 0.3 is 0 Å². The summed E-state index contributed by atoms with van der Waals surface area (Å²) in [6.45, 7) is 2.53. The highest BCUT2D eigenvalue weighted by molar-refractivity contribution is 6.16. The second-order valence-corrected chi connectivity index (χ2v) is 5.36. The van der Waals surface area contributed by atoms with Crippen LogP contribution in [0.4, 0.5) is 0 Å². The number of ketones is 2. The van der Waals surface area contributed by atoms with Gasteiger partial charge < -0.3 is 9.64 Å². The Hall–Kier alpha value is -2.53. The maximum Gasteiger partial charge on any atom is 0.216 e. The first-order chi connectivity index (χ1) is 10.5. The first kappa shape index (κ1) is 14.4. The van der Waals surface area contributed by atoms with E-state index in [1.54, 1.807) is 11.1 Å². The lowest BCUT2D eigenvalue weighted by Crippen LogP contribution is -2.54. The summed E-state index contributed by atoms with van der Waals surface area (Å²) < 4.78 is 5.91. The smallest absolute Gasteiger partial charge is 0.216 e. The van der Waals surface area contributed by atoms with Gasteiger partial charge in [0.1, 0.15) is 0 Å². The molecule has 0 saturated carbocycles. The fourth-order valence-corrected chi connectivity index (χ4v) is 2.95. The summed E-state index contributed by atoms with van der Waals surface area (Å²) in [5.74, 6) is -0.991. The molecule has 0 amide bonds. The van der Waals surface area contributed by atoms with E-state index in [1.165, 1.54) is 20.0 Å². The van der Waals surface area contributed by atoms with Gasteiger partial charge in [0.05, 0.1) is 5.57 Å². The van der Waals surface area contributed by atoms with Crippen LogP contribution in [0.5, 0.6) is 0 Å². The van der Waals surface area contributed by atoms with Crippen molar-refractivity contribution in [1.29, 1.82) is 0 Å². The van der Waals surface area contributed by atoms with E-state index in [0.717, 1.165) is 11.1 Å². The van der Waals surface area contributed by atoms with Gasteiger partial charge in [0.2, 0.25) is 5.60 Å². The number of rotatable bonds is 3. The summed E-state index contributed by atoms with van der Waals surface area (Å²) in [6, 6.07) is 7.56. The lowest BCUT2D eigenvalue weighted by atomic mass is 9.84. The number of carbonyl (C=O) groups is 3. The van der Waals surface area contributed by atoms with Crippen LogP contribution in [0.2, 0.25) is 0 Å². The molecule has 0 fully saturated rings. The predicted octanol–water partition coefficient (Wildman–Crippen LogP) is 2.00. The average molecular weight is 297 g/mol. The van der Waals surface area contributed by atoms with Crippen LogP contribution in [-0.2, 0) is 19.1 Å². The van der Waals surface area contributed by atoms with E-state index in [-0.39, 0.29) is 5.57 Å². The lowest BCUT2D eigenvalue weighted by molar-refractivity contribution is -0.172. The van der Waals surface area contributed by atoms with Crippen LogP contribution in [0.1, 0.15) is 31.2 Å². The minimum absolute atomic E-state index is 0.0211. The number of aldehydes is 1. The Kier molecular flexibility index (Phi) is 3.30. The Balaban J connectivity index is 2.19. The molecule has 1 aromatic rings. The van der Waals surface area contributed by atoms with E-state index in [9.17, 15) is 14.4 Å². The van der Waals surface area contributed by atoms with E-state index in [2.05, 4.69) is 0 Å². The van der Waals surface area contributed by atoms with Crippen LogP contribution in [0.3, 0.4) is 0 Å². The molecule has 5 heteroatoms. The molecule has 0 spiro atoms. The highest BCUT2D eigenvalue weighted by atomic mass is 16.5. The summed E-state index contributed by atoms with van der Waals surface area (Å²) in [5, 5.41) is 0. The SMILES string of the molecule is CC(=O)C1(C(C)=O)O[C@H]2c3ccccc3C=CN2C=C1C=O. The molecule has 2 heterocycles. The van der Waals surface area contributed by atoms with E-state index < -0.39 is 23.4 Å². The van der Waals surface area contributed by atoms with Gasteiger partial charge in [0.15, 0.2) is 24.1 Å². The zero-order chi connectivity index (χ0) is 15.9. The van der Waals surface area contributed by atoms with Gasteiger partial charge in [0, 0.05) is 18.0 Å². The first-order valence-electron chi connectivity index (χ1n) is 6.92. The minimum atomic E-state index is -1.83. The topological polar surface area (TPSA) is 63.7 Å². The number of Topliss-reactive ketones (excluding diaryl/α,β-unsaturated/α-hetero) is 2. The zero-order valence-corrected chi connectivity index (χ0v) is 12.3.